The zero-order valence-corrected chi connectivity index (χ0v) is 13.8. The molecular formula is C16H17FN4O4. The summed E-state index contributed by atoms with van der Waals surface area (Å²) in [6, 6.07) is 3.61. The van der Waals surface area contributed by atoms with Gasteiger partial charge < -0.3 is 15.7 Å². The largest absolute Gasteiger partial charge is 0.479 e. The maximum Gasteiger partial charge on any atom is 0.331 e. The number of carboxylic acid groups (broad SMARTS) is 1. The molecule has 9 heteroatoms. The average Bonchev–Trinajstić information content (AvgIpc) is 2.97. The number of amides is 2. The Hall–Kier alpha value is -3.23. The molecule has 0 spiro atoms. The van der Waals surface area contributed by atoms with E-state index in [0.717, 1.165) is 6.07 Å². The number of benzene rings is 1. The Kier molecular flexibility index (Phi) is 4.87. The number of rotatable bonds is 5. The first-order valence-electron chi connectivity index (χ1n) is 7.28. The van der Waals surface area contributed by atoms with E-state index in [1.165, 1.54) is 50.0 Å². The first kappa shape index (κ1) is 18.1. The van der Waals surface area contributed by atoms with Crippen molar-refractivity contribution < 1.29 is 23.9 Å². The fourth-order valence-corrected chi connectivity index (χ4v) is 1.97. The SMILES string of the molecule is CC(=O)Nc1ccc(F)c(C(=O)Nc2cnn(C(C)(C)C(=O)O)c2)c1. The van der Waals surface area contributed by atoms with Crippen LogP contribution in [-0.4, -0.2) is 32.7 Å². The van der Waals surface area contributed by atoms with Gasteiger partial charge in [0.2, 0.25) is 5.91 Å². The molecule has 0 fully saturated rings. The minimum absolute atomic E-state index is 0.212. The summed E-state index contributed by atoms with van der Waals surface area (Å²) >= 11 is 0. The van der Waals surface area contributed by atoms with Crippen molar-refractivity contribution in [2.24, 2.45) is 0 Å². The smallest absolute Gasteiger partial charge is 0.331 e. The highest BCUT2D eigenvalue weighted by Crippen LogP contribution is 2.19. The molecule has 0 unspecified atom stereocenters. The molecule has 1 aromatic carbocycles. The maximum absolute atomic E-state index is 13.9. The third-order valence-corrected chi connectivity index (χ3v) is 3.47. The highest BCUT2D eigenvalue weighted by Gasteiger charge is 2.30. The number of carboxylic acids is 1. The number of aromatic nitrogens is 2. The van der Waals surface area contributed by atoms with E-state index in [1.54, 1.807) is 0 Å². The molecule has 2 rings (SSSR count). The summed E-state index contributed by atoms with van der Waals surface area (Å²) in [6.45, 7) is 4.19. The molecule has 25 heavy (non-hydrogen) atoms. The molecule has 0 aliphatic heterocycles. The summed E-state index contributed by atoms with van der Waals surface area (Å²) in [5.41, 5.74) is -1.08. The number of halogens is 1. The molecule has 8 nitrogen and oxygen atoms in total. The zero-order chi connectivity index (χ0) is 18.8. The third-order valence-electron chi connectivity index (χ3n) is 3.47. The van der Waals surface area contributed by atoms with Crippen LogP contribution >= 0.6 is 0 Å². The normalized spacial score (nSPS) is 11.0. The summed E-state index contributed by atoms with van der Waals surface area (Å²) < 4.78 is 15.1. The van der Waals surface area contributed by atoms with Crippen molar-refractivity contribution in [3.8, 4) is 0 Å². The minimum atomic E-state index is -1.31. The fourth-order valence-electron chi connectivity index (χ4n) is 1.97. The quantitative estimate of drug-likeness (QED) is 0.765. The number of hydrogen-bond donors (Lipinski definition) is 3. The van der Waals surface area contributed by atoms with E-state index >= 15 is 0 Å². The predicted octanol–water partition coefficient (Wildman–Crippen LogP) is 2.05. The van der Waals surface area contributed by atoms with E-state index in [9.17, 15) is 23.9 Å². The lowest BCUT2D eigenvalue weighted by molar-refractivity contribution is -0.146. The van der Waals surface area contributed by atoms with Gasteiger partial charge in [-0.2, -0.15) is 5.10 Å². The Morgan fingerprint density at radius 2 is 1.88 bits per heavy atom. The van der Waals surface area contributed by atoms with Gasteiger partial charge in [0.15, 0.2) is 5.54 Å². The van der Waals surface area contributed by atoms with Gasteiger partial charge in [0.1, 0.15) is 5.82 Å². The molecule has 0 bridgehead atoms. The van der Waals surface area contributed by atoms with Crippen LogP contribution in [0.5, 0.6) is 0 Å². The van der Waals surface area contributed by atoms with E-state index in [0.29, 0.717) is 0 Å². The van der Waals surface area contributed by atoms with Gasteiger partial charge in [-0.05, 0) is 32.0 Å². The van der Waals surface area contributed by atoms with Gasteiger partial charge in [-0.15, -0.1) is 0 Å². The second-order valence-corrected chi connectivity index (χ2v) is 5.87. The molecule has 132 valence electrons. The molecule has 0 atom stereocenters. The Morgan fingerprint density at radius 1 is 1.20 bits per heavy atom. The van der Waals surface area contributed by atoms with Crippen LogP contribution in [0.1, 0.15) is 31.1 Å². The third kappa shape index (κ3) is 4.00. The molecule has 1 heterocycles. The molecule has 0 aliphatic rings. The maximum atomic E-state index is 13.9. The molecule has 1 aromatic heterocycles. The summed E-state index contributed by atoms with van der Waals surface area (Å²) in [5, 5.41) is 18.0. The molecule has 2 aromatic rings. The minimum Gasteiger partial charge on any atom is -0.479 e. The van der Waals surface area contributed by atoms with Gasteiger partial charge in [-0.25, -0.2) is 9.18 Å². The van der Waals surface area contributed by atoms with Crippen molar-refractivity contribution in [1.82, 2.24) is 9.78 Å². The Bertz CT molecular complexity index is 844. The van der Waals surface area contributed by atoms with Crippen LogP contribution in [0.15, 0.2) is 30.6 Å². The van der Waals surface area contributed by atoms with Crippen LogP contribution in [0.2, 0.25) is 0 Å². The number of carbonyl (C=O) groups excluding carboxylic acids is 2. The van der Waals surface area contributed by atoms with Crippen LogP contribution in [-0.2, 0) is 15.1 Å². The lowest BCUT2D eigenvalue weighted by Gasteiger charge is -2.19. The first-order valence-corrected chi connectivity index (χ1v) is 7.28. The van der Waals surface area contributed by atoms with E-state index in [2.05, 4.69) is 15.7 Å². The van der Waals surface area contributed by atoms with Crippen LogP contribution in [0.4, 0.5) is 15.8 Å². The van der Waals surface area contributed by atoms with Gasteiger partial charge in [0.05, 0.1) is 17.4 Å². The van der Waals surface area contributed by atoms with Crippen LogP contribution < -0.4 is 10.6 Å². The van der Waals surface area contributed by atoms with Gasteiger partial charge in [-0.3, -0.25) is 14.3 Å². The summed E-state index contributed by atoms with van der Waals surface area (Å²) in [6.07, 6.45) is 2.60. The van der Waals surface area contributed by atoms with Crippen molar-refractivity contribution in [3.63, 3.8) is 0 Å². The van der Waals surface area contributed by atoms with Crippen molar-refractivity contribution in [3.05, 3.63) is 42.0 Å². The lowest BCUT2D eigenvalue weighted by Crippen LogP contribution is -2.35. The number of hydrogen-bond acceptors (Lipinski definition) is 4. The average molecular weight is 348 g/mol. The van der Waals surface area contributed by atoms with E-state index < -0.39 is 23.2 Å². The summed E-state index contributed by atoms with van der Waals surface area (Å²) in [7, 11) is 0. The summed E-state index contributed by atoms with van der Waals surface area (Å²) in [4.78, 5) is 34.5. The number of nitrogens with zero attached hydrogens (tertiary/aromatic N) is 2. The van der Waals surface area contributed by atoms with Gasteiger partial charge in [0.25, 0.3) is 5.91 Å². The topological polar surface area (TPSA) is 113 Å². The standard InChI is InChI=1S/C16H17FN4O4/c1-9(22)19-10-4-5-13(17)12(6-10)14(23)20-11-7-18-21(8-11)16(2,3)15(24)25/h4-8H,1-3H3,(H,19,22)(H,20,23)(H,24,25). The predicted molar refractivity (Wildman–Crippen MR) is 87.8 cm³/mol. The van der Waals surface area contributed by atoms with Crippen molar-refractivity contribution in [2.45, 2.75) is 26.3 Å². The van der Waals surface area contributed by atoms with Gasteiger partial charge in [-0.1, -0.05) is 0 Å². The molecule has 0 radical (unpaired) electrons. The fraction of sp³-hybridized carbons (Fsp3) is 0.250. The van der Waals surface area contributed by atoms with E-state index in [4.69, 9.17) is 0 Å². The van der Waals surface area contributed by atoms with E-state index in [1.807, 2.05) is 0 Å². The van der Waals surface area contributed by atoms with Gasteiger partial charge in [0, 0.05) is 18.8 Å². The van der Waals surface area contributed by atoms with Crippen LogP contribution in [0.3, 0.4) is 0 Å². The highest BCUT2D eigenvalue weighted by molar-refractivity contribution is 6.05. The first-order chi connectivity index (χ1) is 11.6. The molecule has 0 aliphatic carbocycles. The number of aliphatic carboxylic acids is 1. The monoisotopic (exact) mass is 348 g/mol. The number of carbonyl (C=O) groups is 3. The molecule has 2 amide bonds. The second-order valence-electron chi connectivity index (χ2n) is 5.87. The van der Waals surface area contributed by atoms with Gasteiger partial charge >= 0.3 is 5.97 Å². The van der Waals surface area contributed by atoms with Crippen molar-refractivity contribution in [2.75, 3.05) is 10.6 Å². The Labute approximate surface area is 142 Å². The summed E-state index contributed by atoms with van der Waals surface area (Å²) in [5.74, 6) is -2.96. The Morgan fingerprint density at radius 3 is 2.48 bits per heavy atom. The molecule has 0 saturated carbocycles. The highest BCUT2D eigenvalue weighted by atomic mass is 19.1. The van der Waals surface area contributed by atoms with Crippen LogP contribution in [0, 0.1) is 5.82 Å². The number of anilines is 2. The second kappa shape index (κ2) is 6.71. The molecule has 0 saturated heterocycles. The molecule has 3 N–H and O–H groups in total. The Balaban J connectivity index is 2.22. The lowest BCUT2D eigenvalue weighted by atomic mass is 10.1. The van der Waals surface area contributed by atoms with Crippen LogP contribution in [0.25, 0.3) is 0 Å². The molecular weight excluding hydrogens is 331 g/mol. The van der Waals surface area contributed by atoms with Crippen molar-refractivity contribution >= 4 is 29.2 Å². The van der Waals surface area contributed by atoms with Crippen molar-refractivity contribution in [1.29, 1.82) is 0 Å². The zero-order valence-electron chi connectivity index (χ0n) is 13.8. The number of nitrogens with one attached hydrogen (secondary N) is 2. The van der Waals surface area contributed by atoms with E-state index in [-0.39, 0.29) is 22.8 Å².